The van der Waals surface area contributed by atoms with Gasteiger partial charge in [-0.05, 0) is 25.2 Å². The molecule has 100 valence electrons. The van der Waals surface area contributed by atoms with Crippen LogP contribution in [-0.2, 0) is 0 Å². The molecule has 2 nitrogen and oxygen atoms in total. The Morgan fingerprint density at radius 3 is 1.32 bits per heavy atom. The predicted molar refractivity (Wildman–Crippen MR) is 85.6 cm³/mol. The van der Waals surface area contributed by atoms with Gasteiger partial charge in [0.05, 0.1) is 0 Å². The lowest BCUT2D eigenvalue weighted by atomic mass is 10.4. The third-order valence-electron chi connectivity index (χ3n) is 3.79. The lowest BCUT2D eigenvalue weighted by Gasteiger charge is -2.32. The highest BCUT2D eigenvalue weighted by molar-refractivity contribution is 7.02. The highest BCUT2D eigenvalue weighted by Gasteiger charge is 2.35. The third-order valence-corrected chi connectivity index (χ3v) is 8.96. The number of hydrogen-bond acceptors (Lipinski definition) is 2. The lowest BCUT2D eigenvalue weighted by Crippen LogP contribution is -2.60. The summed E-state index contributed by atoms with van der Waals surface area (Å²) >= 11 is 0. The van der Waals surface area contributed by atoms with Gasteiger partial charge in [-0.25, -0.2) is 0 Å². The van der Waals surface area contributed by atoms with Gasteiger partial charge in [0, 0.05) is 0 Å². The van der Waals surface area contributed by atoms with Crippen LogP contribution < -0.4 is 21.8 Å². The van der Waals surface area contributed by atoms with Gasteiger partial charge in [0.25, 0.3) is 0 Å². The molecule has 2 aromatic carbocycles. The maximum absolute atomic E-state index is 5.91. The molecule has 0 atom stereocenters. The molecule has 3 heteroatoms. The molecule has 0 amide bonds. The van der Waals surface area contributed by atoms with Crippen molar-refractivity contribution in [3.05, 3.63) is 60.7 Å². The van der Waals surface area contributed by atoms with Gasteiger partial charge in [-0.1, -0.05) is 71.0 Å². The molecular formula is C16H22N2Si. The zero-order valence-electron chi connectivity index (χ0n) is 11.3. The summed E-state index contributed by atoms with van der Waals surface area (Å²) in [6.45, 7) is 1.44. The third kappa shape index (κ3) is 2.95. The molecule has 0 aliphatic carbocycles. The first-order valence-corrected chi connectivity index (χ1v) is 9.26. The number of benzene rings is 2. The van der Waals surface area contributed by atoms with Crippen LogP contribution in [0.2, 0.25) is 12.1 Å². The van der Waals surface area contributed by atoms with Crippen LogP contribution in [0.25, 0.3) is 0 Å². The van der Waals surface area contributed by atoms with Crippen molar-refractivity contribution in [2.75, 3.05) is 13.1 Å². The van der Waals surface area contributed by atoms with Crippen LogP contribution in [0.15, 0.2) is 60.7 Å². The van der Waals surface area contributed by atoms with Crippen LogP contribution in [0.4, 0.5) is 0 Å². The maximum atomic E-state index is 5.91. The zero-order valence-corrected chi connectivity index (χ0v) is 12.3. The van der Waals surface area contributed by atoms with E-state index in [9.17, 15) is 0 Å². The summed E-state index contributed by atoms with van der Waals surface area (Å²) in [5, 5.41) is 2.88. The molecule has 0 radical (unpaired) electrons. The fourth-order valence-electron chi connectivity index (χ4n) is 2.88. The van der Waals surface area contributed by atoms with Gasteiger partial charge in [0.2, 0.25) is 0 Å². The second-order valence-corrected chi connectivity index (χ2v) is 9.21. The van der Waals surface area contributed by atoms with Crippen molar-refractivity contribution in [1.29, 1.82) is 0 Å². The number of rotatable bonds is 6. The van der Waals surface area contributed by atoms with Gasteiger partial charge in [-0.2, -0.15) is 0 Å². The fraction of sp³-hybridized carbons (Fsp3) is 0.250. The Hall–Kier alpha value is -1.42. The lowest BCUT2D eigenvalue weighted by molar-refractivity contribution is 1.05. The summed E-state index contributed by atoms with van der Waals surface area (Å²) in [5.41, 5.74) is 11.8. The predicted octanol–water partition coefficient (Wildman–Crippen LogP) is 1.17. The highest BCUT2D eigenvalue weighted by Crippen LogP contribution is 2.15. The Balaban J connectivity index is 2.54. The Bertz CT molecular complexity index is 437. The number of hydrogen-bond donors (Lipinski definition) is 2. The Morgan fingerprint density at radius 2 is 1.00 bits per heavy atom. The van der Waals surface area contributed by atoms with Crippen molar-refractivity contribution < 1.29 is 0 Å². The number of nitrogens with two attached hydrogens (primary N) is 2. The quantitative estimate of drug-likeness (QED) is 0.774. The van der Waals surface area contributed by atoms with E-state index in [1.54, 1.807) is 0 Å². The smallest absolute Gasteiger partial charge is 0.120 e. The van der Waals surface area contributed by atoms with Crippen molar-refractivity contribution in [3.63, 3.8) is 0 Å². The first kappa shape index (κ1) is 14.0. The standard InChI is InChI=1S/C16H22N2Si/c17-11-13-19(14-12-18,15-7-3-1-4-8-15)16-9-5-2-6-10-16/h1-10H,11-14,17-18H2. The van der Waals surface area contributed by atoms with Gasteiger partial charge in [0.1, 0.15) is 8.07 Å². The van der Waals surface area contributed by atoms with Crippen molar-refractivity contribution in [3.8, 4) is 0 Å². The topological polar surface area (TPSA) is 52.0 Å². The van der Waals surface area contributed by atoms with E-state index in [1.807, 2.05) is 0 Å². The van der Waals surface area contributed by atoms with E-state index < -0.39 is 8.07 Å². The van der Waals surface area contributed by atoms with Crippen molar-refractivity contribution in [2.24, 2.45) is 11.5 Å². The normalized spacial score (nSPS) is 11.5. The molecule has 0 bridgehead atoms. The van der Waals surface area contributed by atoms with E-state index in [1.165, 1.54) is 10.4 Å². The van der Waals surface area contributed by atoms with Crippen LogP contribution in [-0.4, -0.2) is 21.2 Å². The fourth-order valence-corrected chi connectivity index (χ4v) is 7.26. The van der Waals surface area contributed by atoms with Gasteiger partial charge < -0.3 is 11.5 Å². The molecule has 0 heterocycles. The minimum atomic E-state index is -1.80. The first-order chi connectivity index (χ1) is 9.33. The van der Waals surface area contributed by atoms with Crippen LogP contribution in [0, 0.1) is 0 Å². The van der Waals surface area contributed by atoms with E-state index in [2.05, 4.69) is 60.7 Å². The SMILES string of the molecule is NCC[Si](CCN)(c1ccccc1)c1ccccc1. The summed E-state index contributed by atoms with van der Waals surface area (Å²) in [5.74, 6) is 0. The maximum Gasteiger partial charge on any atom is 0.120 e. The molecule has 4 N–H and O–H groups in total. The average Bonchev–Trinajstić information content (AvgIpc) is 2.49. The molecule has 0 aromatic heterocycles. The summed E-state index contributed by atoms with van der Waals surface area (Å²) in [6, 6.07) is 23.7. The van der Waals surface area contributed by atoms with Crippen LogP contribution in [0.1, 0.15) is 0 Å². The molecule has 0 spiro atoms. The van der Waals surface area contributed by atoms with Crippen LogP contribution in [0.3, 0.4) is 0 Å². The van der Waals surface area contributed by atoms with Crippen molar-refractivity contribution in [2.45, 2.75) is 12.1 Å². The highest BCUT2D eigenvalue weighted by atomic mass is 28.3. The molecule has 0 saturated carbocycles. The minimum Gasteiger partial charge on any atom is -0.331 e. The van der Waals surface area contributed by atoms with E-state index in [-0.39, 0.29) is 0 Å². The molecule has 2 rings (SSSR count). The average molecular weight is 270 g/mol. The Morgan fingerprint density at radius 1 is 0.632 bits per heavy atom. The van der Waals surface area contributed by atoms with Gasteiger partial charge in [-0.3, -0.25) is 0 Å². The monoisotopic (exact) mass is 270 g/mol. The molecule has 19 heavy (non-hydrogen) atoms. The van der Waals surface area contributed by atoms with E-state index in [0.29, 0.717) is 0 Å². The second-order valence-electron chi connectivity index (χ2n) is 4.89. The summed E-state index contributed by atoms with van der Waals surface area (Å²) in [4.78, 5) is 0. The second kappa shape index (κ2) is 6.66. The molecule has 0 saturated heterocycles. The largest absolute Gasteiger partial charge is 0.331 e. The Labute approximate surface area is 116 Å². The molecule has 2 aromatic rings. The molecule has 0 unspecified atom stereocenters. The molecule has 0 fully saturated rings. The van der Waals surface area contributed by atoms with E-state index in [4.69, 9.17) is 11.5 Å². The minimum absolute atomic E-state index is 0.718. The van der Waals surface area contributed by atoms with Gasteiger partial charge in [-0.15, -0.1) is 0 Å². The van der Waals surface area contributed by atoms with Gasteiger partial charge >= 0.3 is 0 Å². The molecule has 0 aliphatic rings. The first-order valence-electron chi connectivity index (χ1n) is 6.84. The molecular weight excluding hydrogens is 248 g/mol. The van der Waals surface area contributed by atoms with Crippen molar-refractivity contribution in [1.82, 2.24) is 0 Å². The summed E-state index contributed by atoms with van der Waals surface area (Å²) in [6.07, 6.45) is 0. The summed E-state index contributed by atoms with van der Waals surface area (Å²) in [7, 11) is -1.80. The van der Waals surface area contributed by atoms with E-state index in [0.717, 1.165) is 25.2 Å². The zero-order chi connectivity index (χ0) is 13.6. The molecule has 0 aliphatic heterocycles. The van der Waals surface area contributed by atoms with E-state index >= 15 is 0 Å². The van der Waals surface area contributed by atoms with Crippen LogP contribution in [0.5, 0.6) is 0 Å². The van der Waals surface area contributed by atoms with Crippen molar-refractivity contribution >= 4 is 18.4 Å². The summed E-state index contributed by atoms with van der Waals surface area (Å²) < 4.78 is 0. The van der Waals surface area contributed by atoms with Crippen LogP contribution >= 0.6 is 0 Å². The Kier molecular flexibility index (Phi) is 4.91. The van der Waals surface area contributed by atoms with Gasteiger partial charge in [0.15, 0.2) is 0 Å².